The summed E-state index contributed by atoms with van der Waals surface area (Å²) in [6.45, 7) is 3.34. The van der Waals surface area contributed by atoms with Crippen molar-refractivity contribution in [3.63, 3.8) is 0 Å². The first-order chi connectivity index (χ1) is 12.2. The molecule has 1 saturated heterocycles. The van der Waals surface area contributed by atoms with Gasteiger partial charge in [-0.25, -0.2) is 15.0 Å². The van der Waals surface area contributed by atoms with Crippen LogP contribution in [0.15, 0.2) is 42.7 Å². The van der Waals surface area contributed by atoms with Gasteiger partial charge in [0.05, 0.1) is 10.9 Å². The minimum absolute atomic E-state index is 0.0821. The number of hydrogen-bond donors (Lipinski definition) is 1. The summed E-state index contributed by atoms with van der Waals surface area (Å²) in [5.41, 5.74) is 4.07. The Labute approximate surface area is 144 Å². The average molecular weight is 331 g/mol. The number of fused-ring (bicyclic) bond motifs is 3. The monoisotopic (exact) mass is 331 g/mol. The fraction of sp³-hybridized carbons (Fsp3) is 0.263. The van der Waals surface area contributed by atoms with Crippen molar-refractivity contribution in [1.82, 2.24) is 15.0 Å². The molecule has 2 aliphatic rings. The first kappa shape index (κ1) is 14.3. The molecule has 1 amide bonds. The summed E-state index contributed by atoms with van der Waals surface area (Å²) >= 11 is 0. The molecule has 1 aromatic carbocycles. The van der Waals surface area contributed by atoms with Crippen molar-refractivity contribution >= 4 is 28.4 Å². The third-order valence-electron chi connectivity index (χ3n) is 5.30. The molecule has 0 radical (unpaired) electrons. The molecule has 2 aromatic heterocycles. The summed E-state index contributed by atoms with van der Waals surface area (Å²) in [5, 5.41) is 3.03. The molecular weight excluding hydrogens is 314 g/mol. The number of amides is 1. The molecule has 5 rings (SSSR count). The van der Waals surface area contributed by atoms with Crippen molar-refractivity contribution in [1.29, 1.82) is 0 Å². The lowest BCUT2D eigenvalue weighted by atomic mass is 9.81. The molecule has 124 valence electrons. The van der Waals surface area contributed by atoms with E-state index in [4.69, 9.17) is 0 Å². The predicted octanol–water partition coefficient (Wildman–Crippen LogP) is 2.43. The van der Waals surface area contributed by atoms with Gasteiger partial charge < -0.3 is 10.2 Å². The Morgan fingerprint density at radius 1 is 1.16 bits per heavy atom. The van der Waals surface area contributed by atoms with Crippen LogP contribution in [0.2, 0.25) is 0 Å². The zero-order valence-electron chi connectivity index (χ0n) is 13.9. The van der Waals surface area contributed by atoms with Crippen LogP contribution in [0.3, 0.4) is 0 Å². The largest absolute Gasteiger partial charge is 0.353 e. The Hall–Kier alpha value is -3.02. The summed E-state index contributed by atoms with van der Waals surface area (Å²) in [5.74, 6) is 0.890. The fourth-order valence-corrected chi connectivity index (χ4v) is 4.03. The van der Waals surface area contributed by atoms with Crippen molar-refractivity contribution in [2.24, 2.45) is 0 Å². The molecule has 6 nitrogen and oxygen atoms in total. The summed E-state index contributed by atoms with van der Waals surface area (Å²) in [7, 11) is 0. The lowest BCUT2D eigenvalue weighted by Gasteiger charge is -2.23. The highest BCUT2D eigenvalue weighted by Crippen LogP contribution is 2.45. The van der Waals surface area contributed by atoms with Crippen molar-refractivity contribution in [3.8, 4) is 0 Å². The van der Waals surface area contributed by atoms with E-state index in [0.29, 0.717) is 6.54 Å². The van der Waals surface area contributed by atoms with Crippen LogP contribution >= 0.6 is 0 Å². The highest BCUT2D eigenvalue weighted by Gasteiger charge is 2.51. The molecule has 1 unspecified atom stereocenters. The molecule has 2 aliphatic heterocycles. The van der Waals surface area contributed by atoms with Gasteiger partial charge in [0.2, 0.25) is 5.91 Å². The summed E-state index contributed by atoms with van der Waals surface area (Å²) in [6, 6.07) is 11.9. The number of rotatable bonds is 1. The van der Waals surface area contributed by atoms with Gasteiger partial charge >= 0.3 is 0 Å². The molecule has 25 heavy (non-hydrogen) atoms. The van der Waals surface area contributed by atoms with E-state index in [1.165, 1.54) is 0 Å². The van der Waals surface area contributed by atoms with Crippen LogP contribution < -0.4 is 10.2 Å². The van der Waals surface area contributed by atoms with Crippen molar-refractivity contribution in [3.05, 3.63) is 54.0 Å². The Morgan fingerprint density at radius 3 is 2.96 bits per heavy atom. The average Bonchev–Trinajstić information content (AvgIpc) is 3.18. The number of carbonyl (C=O) groups excluding carboxylic acids is 1. The Morgan fingerprint density at radius 2 is 2.04 bits per heavy atom. The molecular formula is C19H17N5O. The number of nitrogens with zero attached hydrogens (tertiary/aromatic N) is 4. The predicted molar refractivity (Wildman–Crippen MR) is 95.6 cm³/mol. The molecule has 0 aliphatic carbocycles. The maximum absolute atomic E-state index is 12.8. The lowest BCUT2D eigenvalue weighted by Crippen LogP contribution is -2.37. The quantitative estimate of drug-likeness (QED) is 0.741. The third-order valence-corrected chi connectivity index (χ3v) is 5.30. The van der Waals surface area contributed by atoms with Crippen LogP contribution in [0.1, 0.15) is 17.7 Å². The fourth-order valence-electron chi connectivity index (χ4n) is 4.03. The zero-order valence-corrected chi connectivity index (χ0v) is 13.9. The normalized spacial score (nSPS) is 21.8. The molecule has 6 heteroatoms. The lowest BCUT2D eigenvalue weighted by molar-refractivity contribution is -0.120. The first-order valence-electron chi connectivity index (χ1n) is 8.42. The number of carbonyl (C=O) groups is 1. The highest BCUT2D eigenvalue weighted by atomic mass is 16.2. The van der Waals surface area contributed by atoms with Crippen LogP contribution in [0.5, 0.6) is 0 Å². The van der Waals surface area contributed by atoms with E-state index in [1.54, 1.807) is 6.33 Å². The van der Waals surface area contributed by atoms with Crippen LogP contribution in [0.4, 0.5) is 11.5 Å². The van der Waals surface area contributed by atoms with E-state index in [9.17, 15) is 4.79 Å². The van der Waals surface area contributed by atoms with Gasteiger partial charge in [-0.2, -0.15) is 0 Å². The van der Waals surface area contributed by atoms with Crippen LogP contribution in [-0.2, 0) is 10.2 Å². The van der Waals surface area contributed by atoms with Crippen LogP contribution in [-0.4, -0.2) is 33.9 Å². The second-order valence-electron chi connectivity index (χ2n) is 6.77. The van der Waals surface area contributed by atoms with Gasteiger partial charge in [0.15, 0.2) is 5.82 Å². The van der Waals surface area contributed by atoms with Gasteiger partial charge in [-0.1, -0.05) is 18.2 Å². The van der Waals surface area contributed by atoms with Crippen LogP contribution in [0, 0.1) is 6.92 Å². The number of aryl methyl sites for hydroxylation is 1. The number of para-hydroxylation sites is 1. The molecule has 3 aromatic rings. The number of benzene rings is 1. The number of hydrogen-bond acceptors (Lipinski definition) is 5. The molecule has 1 atom stereocenters. The SMILES string of the molecule is Cc1ccc2ncnc(N3CCC4(C3)C(=O)Nc3ccccc34)c2n1. The Kier molecular flexibility index (Phi) is 2.86. The van der Waals surface area contributed by atoms with Gasteiger partial charge in [0.1, 0.15) is 11.8 Å². The molecule has 1 spiro atoms. The third kappa shape index (κ3) is 1.97. The van der Waals surface area contributed by atoms with Crippen molar-refractivity contribution in [2.45, 2.75) is 18.8 Å². The topological polar surface area (TPSA) is 71.0 Å². The molecule has 0 saturated carbocycles. The number of pyridine rings is 1. The smallest absolute Gasteiger partial charge is 0.236 e. The Balaban J connectivity index is 1.59. The van der Waals surface area contributed by atoms with Gasteiger partial charge in [-0.15, -0.1) is 0 Å². The minimum atomic E-state index is -0.502. The molecule has 1 N–H and O–H groups in total. The molecule has 4 heterocycles. The minimum Gasteiger partial charge on any atom is -0.353 e. The molecule has 1 fully saturated rings. The van der Waals surface area contributed by atoms with Gasteiger partial charge in [0, 0.05) is 24.5 Å². The van der Waals surface area contributed by atoms with E-state index in [0.717, 1.165) is 46.8 Å². The zero-order chi connectivity index (χ0) is 17.0. The van der Waals surface area contributed by atoms with E-state index >= 15 is 0 Å². The van der Waals surface area contributed by atoms with E-state index in [1.807, 2.05) is 37.3 Å². The van der Waals surface area contributed by atoms with Crippen molar-refractivity contribution < 1.29 is 4.79 Å². The summed E-state index contributed by atoms with van der Waals surface area (Å²) in [6.07, 6.45) is 2.34. The first-order valence-corrected chi connectivity index (χ1v) is 8.42. The van der Waals surface area contributed by atoms with Gasteiger partial charge in [0.25, 0.3) is 0 Å². The summed E-state index contributed by atoms with van der Waals surface area (Å²) < 4.78 is 0. The summed E-state index contributed by atoms with van der Waals surface area (Å²) in [4.78, 5) is 28.4. The van der Waals surface area contributed by atoms with Crippen LogP contribution in [0.25, 0.3) is 11.0 Å². The number of anilines is 2. The van der Waals surface area contributed by atoms with Gasteiger partial charge in [-0.05, 0) is 37.1 Å². The van der Waals surface area contributed by atoms with Gasteiger partial charge in [-0.3, -0.25) is 4.79 Å². The highest BCUT2D eigenvalue weighted by molar-refractivity contribution is 6.07. The maximum atomic E-state index is 12.8. The van der Waals surface area contributed by atoms with Crippen molar-refractivity contribution in [2.75, 3.05) is 23.3 Å². The standard InChI is InChI=1S/C19H17N5O/c1-12-6-7-15-16(22-12)17(21-11-20-15)24-9-8-19(10-24)13-4-2-3-5-14(13)23-18(19)25/h2-7,11H,8-10H2,1H3,(H,23,25). The molecule has 0 bridgehead atoms. The number of nitrogens with one attached hydrogen (secondary N) is 1. The Bertz CT molecular complexity index is 1020. The maximum Gasteiger partial charge on any atom is 0.236 e. The van der Waals surface area contributed by atoms with E-state index in [2.05, 4.69) is 31.2 Å². The second-order valence-corrected chi connectivity index (χ2v) is 6.77. The number of aromatic nitrogens is 3. The van der Waals surface area contributed by atoms with E-state index < -0.39 is 5.41 Å². The van der Waals surface area contributed by atoms with E-state index in [-0.39, 0.29) is 5.91 Å². The second kappa shape index (κ2) is 4.99.